The van der Waals surface area contributed by atoms with E-state index >= 15 is 0 Å². The zero-order valence-electron chi connectivity index (χ0n) is 9.24. The monoisotopic (exact) mass is 311 g/mol. The number of aryl methyl sites for hydroxylation is 1. The van der Waals surface area contributed by atoms with Gasteiger partial charge in [-0.3, -0.25) is 0 Å². The normalized spacial score (nSPS) is 10.3. The molecule has 3 nitrogen and oxygen atoms in total. The van der Waals surface area contributed by atoms with Crippen molar-refractivity contribution in [3.63, 3.8) is 0 Å². The van der Waals surface area contributed by atoms with E-state index in [0.717, 1.165) is 10.3 Å². The Morgan fingerprint density at radius 2 is 1.94 bits per heavy atom. The molecule has 0 unspecified atom stereocenters. The molecule has 0 saturated carbocycles. The number of rotatable bonds is 3. The van der Waals surface area contributed by atoms with E-state index in [1.807, 2.05) is 31.2 Å². The first-order valence-corrected chi connectivity index (χ1v) is 6.30. The highest BCUT2D eigenvalue weighted by atomic mass is 79.9. The first-order chi connectivity index (χ1) is 8.13. The van der Waals surface area contributed by atoms with E-state index in [1.54, 1.807) is 6.07 Å². The largest absolute Gasteiger partial charge is 0.366 e. The van der Waals surface area contributed by atoms with Crippen LogP contribution in [0.5, 0.6) is 0 Å². The molecule has 0 saturated heterocycles. The van der Waals surface area contributed by atoms with Gasteiger partial charge in [0.1, 0.15) is 16.8 Å². The summed E-state index contributed by atoms with van der Waals surface area (Å²) in [5.74, 6) is 1.40. The van der Waals surface area contributed by atoms with Crippen LogP contribution >= 0.6 is 27.5 Å². The summed E-state index contributed by atoms with van der Waals surface area (Å²) in [6, 6.07) is 9.83. The van der Waals surface area contributed by atoms with Crippen LogP contribution < -0.4 is 5.32 Å². The van der Waals surface area contributed by atoms with E-state index in [2.05, 4.69) is 31.2 Å². The van der Waals surface area contributed by atoms with Gasteiger partial charge < -0.3 is 5.32 Å². The van der Waals surface area contributed by atoms with Crippen molar-refractivity contribution in [3.8, 4) is 0 Å². The summed E-state index contributed by atoms with van der Waals surface area (Å²) in [4.78, 5) is 8.26. The molecule has 2 rings (SSSR count). The summed E-state index contributed by atoms with van der Waals surface area (Å²) < 4.78 is 1.07. The maximum absolute atomic E-state index is 5.86. The number of hydrogen-bond acceptors (Lipinski definition) is 3. The van der Waals surface area contributed by atoms with Crippen LogP contribution in [0, 0.1) is 6.92 Å². The van der Waals surface area contributed by atoms with Crippen LogP contribution in [0.3, 0.4) is 0 Å². The van der Waals surface area contributed by atoms with Crippen LogP contribution in [-0.2, 0) is 6.54 Å². The molecule has 0 fully saturated rings. The van der Waals surface area contributed by atoms with Crippen molar-refractivity contribution >= 4 is 33.3 Å². The summed E-state index contributed by atoms with van der Waals surface area (Å²) >= 11 is 9.26. The van der Waals surface area contributed by atoms with Crippen molar-refractivity contribution in [3.05, 3.63) is 51.3 Å². The van der Waals surface area contributed by atoms with Gasteiger partial charge in [-0.05, 0) is 24.6 Å². The highest BCUT2D eigenvalue weighted by Gasteiger charge is 1.99. The first-order valence-electron chi connectivity index (χ1n) is 5.13. The summed E-state index contributed by atoms with van der Waals surface area (Å²) in [6.45, 7) is 2.52. The van der Waals surface area contributed by atoms with E-state index in [0.29, 0.717) is 17.5 Å². The third kappa shape index (κ3) is 3.68. The Labute approximate surface area is 113 Å². The zero-order valence-corrected chi connectivity index (χ0v) is 11.6. The maximum Gasteiger partial charge on any atom is 0.134 e. The van der Waals surface area contributed by atoms with E-state index in [-0.39, 0.29) is 0 Å². The second-order valence-electron chi connectivity index (χ2n) is 3.60. The molecule has 0 aliphatic carbocycles. The molecule has 0 atom stereocenters. The standard InChI is InChI=1S/C12H11BrClN3/c1-8-16-11(14)6-12(17-8)15-7-9-2-4-10(13)5-3-9/h2-6H,7H2,1H3,(H,15,16,17). The minimum absolute atomic E-state index is 0.454. The topological polar surface area (TPSA) is 37.8 Å². The van der Waals surface area contributed by atoms with Crippen molar-refractivity contribution in [2.45, 2.75) is 13.5 Å². The predicted molar refractivity (Wildman–Crippen MR) is 73.2 cm³/mol. The summed E-state index contributed by atoms with van der Waals surface area (Å²) in [7, 11) is 0. The number of hydrogen-bond donors (Lipinski definition) is 1. The van der Waals surface area contributed by atoms with Gasteiger partial charge in [-0.25, -0.2) is 9.97 Å². The molecule has 0 bridgehead atoms. The van der Waals surface area contributed by atoms with Gasteiger partial charge in [-0.1, -0.05) is 39.7 Å². The average molecular weight is 313 g/mol. The van der Waals surface area contributed by atoms with E-state index in [9.17, 15) is 0 Å². The molecule has 17 heavy (non-hydrogen) atoms. The maximum atomic E-state index is 5.86. The van der Waals surface area contributed by atoms with Gasteiger partial charge in [0.15, 0.2) is 0 Å². The number of nitrogens with zero attached hydrogens (tertiary/aromatic N) is 2. The predicted octanol–water partition coefficient (Wildman–Crippen LogP) is 3.81. The smallest absolute Gasteiger partial charge is 0.134 e. The van der Waals surface area contributed by atoms with E-state index in [4.69, 9.17) is 11.6 Å². The number of nitrogens with one attached hydrogen (secondary N) is 1. The van der Waals surface area contributed by atoms with Crippen LogP contribution in [0.2, 0.25) is 5.15 Å². The summed E-state index contributed by atoms with van der Waals surface area (Å²) in [5.41, 5.74) is 1.18. The Morgan fingerprint density at radius 1 is 1.24 bits per heavy atom. The lowest BCUT2D eigenvalue weighted by molar-refractivity contribution is 1.02. The van der Waals surface area contributed by atoms with Crippen LogP contribution in [0.4, 0.5) is 5.82 Å². The Kier molecular flexibility index (Phi) is 3.97. The molecule has 0 spiro atoms. The number of halogens is 2. The summed E-state index contributed by atoms with van der Waals surface area (Å²) in [5, 5.41) is 3.67. The first kappa shape index (κ1) is 12.3. The quantitative estimate of drug-likeness (QED) is 0.876. The Hall–Kier alpha value is -1.13. The van der Waals surface area contributed by atoms with Crippen molar-refractivity contribution in [1.82, 2.24) is 9.97 Å². The Bertz CT molecular complexity index is 493. The second kappa shape index (κ2) is 5.47. The lowest BCUT2D eigenvalue weighted by atomic mass is 10.2. The van der Waals surface area contributed by atoms with Gasteiger partial charge in [-0.2, -0.15) is 0 Å². The molecule has 1 heterocycles. The number of benzene rings is 1. The number of aromatic nitrogens is 2. The van der Waals surface area contributed by atoms with Gasteiger partial charge in [0.2, 0.25) is 0 Å². The molecule has 0 aliphatic heterocycles. The van der Waals surface area contributed by atoms with Gasteiger partial charge in [0, 0.05) is 17.1 Å². The molecule has 0 radical (unpaired) electrons. The highest BCUT2D eigenvalue weighted by molar-refractivity contribution is 9.10. The molecule has 5 heteroatoms. The van der Waals surface area contributed by atoms with Crippen LogP contribution in [0.25, 0.3) is 0 Å². The molecule has 1 aromatic carbocycles. The second-order valence-corrected chi connectivity index (χ2v) is 4.91. The van der Waals surface area contributed by atoms with Crippen molar-refractivity contribution in [1.29, 1.82) is 0 Å². The molecule has 2 aromatic rings. The fraction of sp³-hybridized carbons (Fsp3) is 0.167. The third-order valence-corrected chi connectivity index (χ3v) is 2.92. The van der Waals surface area contributed by atoms with Gasteiger partial charge in [0.25, 0.3) is 0 Å². The SMILES string of the molecule is Cc1nc(Cl)cc(NCc2ccc(Br)cc2)n1. The molecule has 0 amide bonds. The lowest BCUT2D eigenvalue weighted by Crippen LogP contribution is -2.03. The van der Waals surface area contributed by atoms with Crippen LogP contribution in [0.15, 0.2) is 34.8 Å². The Morgan fingerprint density at radius 3 is 2.59 bits per heavy atom. The van der Waals surface area contributed by atoms with Gasteiger partial charge in [0.05, 0.1) is 0 Å². The van der Waals surface area contributed by atoms with Crippen molar-refractivity contribution in [2.24, 2.45) is 0 Å². The third-order valence-electron chi connectivity index (χ3n) is 2.19. The number of anilines is 1. The van der Waals surface area contributed by atoms with Crippen molar-refractivity contribution in [2.75, 3.05) is 5.32 Å². The molecule has 1 aromatic heterocycles. The van der Waals surface area contributed by atoms with Gasteiger partial charge >= 0.3 is 0 Å². The van der Waals surface area contributed by atoms with E-state index < -0.39 is 0 Å². The summed E-state index contributed by atoms with van der Waals surface area (Å²) in [6.07, 6.45) is 0. The Balaban J connectivity index is 2.04. The lowest BCUT2D eigenvalue weighted by Gasteiger charge is -2.06. The fourth-order valence-corrected chi connectivity index (χ4v) is 1.91. The van der Waals surface area contributed by atoms with Crippen LogP contribution in [0.1, 0.15) is 11.4 Å². The fourth-order valence-electron chi connectivity index (χ4n) is 1.42. The molecule has 1 N–H and O–H groups in total. The minimum atomic E-state index is 0.454. The molecule has 88 valence electrons. The minimum Gasteiger partial charge on any atom is -0.366 e. The van der Waals surface area contributed by atoms with Crippen LogP contribution in [-0.4, -0.2) is 9.97 Å². The van der Waals surface area contributed by atoms with Gasteiger partial charge in [-0.15, -0.1) is 0 Å². The van der Waals surface area contributed by atoms with E-state index in [1.165, 1.54) is 5.56 Å². The van der Waals surface area contributed by atoms with Crippen molar-refractivity contribution < 1.29 is 0 Å². The molecular formula is C12H11BrClN3. The molecular weight excluding hydrogens is 302 g/mol. The highest BCUT2D eigenvalue weighted by Crippen LogP contribution is 2.14. The average Bonchev–Trinajstić information content (AvgIpc) is 2.27. The zero-order chi connectivity index (χ0) is 12.3. The molecule has 0 aliphatic rings.